The number of nitrogens with two attached hydrogens (primary N) is 1. The minimum atomic E-state index is -0.563. The molecule has 0 spiro atoms. The van der Waals surface area contributed by atoms with E-state index in [1.165, 1.54) is 0 Å². The van der Waals surface area contributed by atoms with E-state index in [1.807, 2.05) is 6.07 Å². The van der Waals surface area contributed by atoms with E-state index in [2.05, 4.69) is 0 Å². The molecule has 1 fully saturated rings. The van der Waals surface area contributed by atoms with Gasteiger partial charge in [0, 0.05) is 11.8 Å². The molecule has 1 aromatic carbocycles. The minimum Gasteiger partial charge on any atom is -0.441 e. The van der Waals surface area contributed by atoms with Crippen LogP contribution < -0.4 is 10.5 Å². The van der Waals surface area contributed by atoms with Crippen LogP contribution >= 0.6 is 0 Å². The van der Waals surface area contributed by atoms with Crippen LogP contribution in [0.5, 0.6) is 5.75 Å². The second-order valence-electron chi connectivity index (χ2n) is 2.43. The van der Waals surface area contributed by atoms with Crippen molar-refractivity contribution in [1.82, 2.24) is 0 Å². The standard InChI is InChI=1S/C8H9NO3/c9-6-2-1-3-7(4-6)12-8-10-5-11-8/h1-4,8H,5,9H2. The lowest BCUT2D eigenvalue weighted by Crippen LogP contribution is -2.35. The van der Waals surface area contributed by atoms with E-state index in [1.54, 1.807) is 18.2 Å². The lowest BCUT2D eigenvalue weighted by atomic mass is 10.3. The first-order chi connectivity index (χ1) is 5.84. The van der Waals surface area contributed by atoms with Crippen LogP contribution in [-0.4, -0.2) is 13.3 Å². The van der Waals surface area contributed by atoms with Gasteiger partial charge in [-0.2, -0.15) is 0 Å². The second-order valence-corrected chi connectivity index (χ2v) is 2.43. The molecule has 0 aromatic heterocycles. The Bertz CT molecular complexity index is 273. The van der Waals surface area contributed by atoms with Crippen LogP contribution in [0.2, 0.25) is 0 Å². The van der Waals surface area contributed by atoms with Gasteiger partial charge in [0.25, 0.3) is 0 Å². The zero-order chi connectivity index (χ0) is 8.39. The fourth-order valence-corrected chi connectivity index (χ4v) is 0.891. The van der Waals surface area contributed by atoms with Gasteiger partial charge in [-0.05, 0) is 12.1 Å². The molecule has 1 heterocycles. The van der Waals surface area contributed by atoms with Gasteiger partial charge in [0.15, 0.2) is 6.79 Å². The first-order valence-electron chi connectivity index (χ1n) is 3.60. The second kappa shape index (κ2) is 3.00. The lowest BCUT2D eigenvalue weighted by Gasteiger charge is -2.26. The van der Waals surface area contributed by atoms with Crippen LogP contribution in [0.15, 0.2) is 24.3 Å². The Morgan fingerprint density at radius 2 is 2.25 bits per heavy atom. The first kappa shape index (κ1) is 7.39. The fourth-order valence-electron chi connectivity index (χ4n) is 0.891. The molecule has 4 heteroatoms. The molecule has 0 radical (unpaired) electrons. The van der Waals surface area contributed by atoms with Gasteiger partial charge < -0.3 is 10.5 Å². The van der Waals surface area contributed by atoms with Crippen LogP contribution in [0.25, 0.3) is 0 Å². The molecule has 0 saturated carbocycles. The van der Waals surface area contributed by atoms with Crippen molar-refractivity contribution in [3.8, 4) is 5.75 Å². The highest BCUT2D eigenvalue weighted by atomic mass is 17.0. The van der Waals surface area contributed by atoms with E-state index >= 15 is 0 Å². The first-order valence-corrected chi connectivity index (χ1v) is 3.60. The average Bonchev–Trinajstić information content (AvgIpc) is 1.97. The normalized spacial score (nSPS) is 17.0. The molecule has 0 unspecified atom stereocenters. The molecule has 1 saturated heterocycles. The van der Waals surface area contributed by atoms with Crippen molar-refractivity contribution in [2.24, 2.45) is 0 Å². The maximum atomic E-state index is 5.53. The maximum Gasteiger partial charge on any atom is 0.319 e. The number of nitrogen functional groups attached to an aromatic ring is 1. The van der Waals surface area contributed by atoms with E-state index in [-0.39, 0.29) is 0 Å². The van der Waals surface area contributed by atoms with Crippen molar-refractivity contribution in [3.63, 3.8) is 0 Å². The van der Waals surface area contributed by atoms with Crippen molar-refractivity contribution in [3.05, 3.63) is 24.3 Å². The third kappa shape index (κ3) is 1.49. The number of benzene rings is 1. The molecule has 12 heavy (non-hydrogen) atoms. The fraction of sp³-hybridized carbons (Fsp3) is 0.250. The summed E-state index contributed by atoms with van der Waals surface area (Å²) in [7, 11) is 0. The molecule has 0 atom stereocenters. The summed E-state index contributed by atoms with van der Waals surface area (Å²) in [5, 5.41) is 0. The smallest absolute Gasteiger partial charge is 0.319 e. The monoisotopic (exact) mass is 167 g/mol. The zero-order valence-corrected chi connectivity index (χ0v) is 6.40. The molecular weight excluding hydrogens is 158 g/mol. The van der Waals surface area contributed by atoms with E-state index in [0.29, 0.717) is 18.2 Å². The van der Waals surface area contributed by atoms with Crippen molar-refractivity contribution < 1.29 is 14.2 Å². The molecule has 4 nitrogen and oxygen atoms in total. The highest BCUT2D eigenvalue weighted by molar-refractivity contribution is 5.43. The van der Waals surface area contributed by atoms with Crippen molar-refractivity contribution >= 4 is 5.69 Å². The van der Waals surface area contributed by atoms with E-state index in [0.717, 1.165) is 0 Å². The summed E-state index contributed by atoms with van der Waals surface area (Å²) >= 11 is 0. The Balaban J connectivity index is 2.02. The number of ether oxygens (including phenoxy) is 3. The van der Waals surface area contributed by atoms with Gasteiger partial charge in [0.1, 0.15) is 5.75 Å². The van der Waals surface area contributed by atoms with Crippen LogP contribution in [-0.2, 0) is 9.47 Å². The van der Waals surface area contributed by atoms with Crippen molar-refractivity contribution in [2.75, 3.05) is 12.5 Å². The lowest BCUT2D eigenvalue weighted by molar-refractivity contribution is -0.394. The highest BCUT2D eigenvalue weighted by Crippen LogP contribution is 2.19. The van der Waals surface area contributed by atoms with E-state index in [9.17, 15) is 0 Å². The van der Waals surface area contributed by atoms with Crippen LogP contribution in [0.1, 0.15) is 0 Å². The van der Waals surface area contributed by atoms with Crippen LogP contribution in [0.4, 0.5) is 5.69 Å². The largest absolute Gasteiger partial charge is 0.441 e. The Hall–Kier alpha value is -1.26. The molecule has 1 aliphatic rings. The summed E-state index contributed by atoms with van der Waals surface area (Å²) in [5.41, 5.74) is 6.19. The molecule has 0 bridgehead atoms. The van der Waals surface area contributed by atoms with Crippen LogP contribution in [0, 0.1) is 0 Å². The maximum absolute atomic E-state index is 5.53. The molecule has 1 aliphatic heterocycles. The number of hydrogen-bond acceptors (Lipinski definition) is 4. The van der Waals surface area contributed by atoms with Gasteiger partial charge in [-0.25, -0.2) is 0 Å². The van der Waals surface area contributed by atoms with Gasteiger partial charge in [-0.1, -0.05) is 6.07 Å². The summed E-state index contributed by atoms with van der Waals surface area (Å²) in [5.74, 6) is 0.653. The third-order valence-corrected chi connectivity index (χ3v) is 1.50. The molecular formula is C8H9NO3. The third-order valence-electron chi connectivity index (χ3n) is 1.50. The van der Waals surface area contributed by atoms with Gasteiger partial charge in [0.05, 0.1) is 0 Å². The summed E-state index contributed by atoms with van der Waals surface area (Å²) < 4.78 is 15.0. The topological polar surface area (TPSA) is 53.7 Å². The zero-order valence-electron chi connectivity index (χ0n) is 6.40. The van der Waals surface area contributed by atoms with Gasteiger partial charge >= 0.3 is 6.48 Å². The SMILES string of the molecule is Nc1cccc(OC2OCO2)c1. The van der Waals surface area contributed by atoms with Gasteiger partial charge in [-0.3, -0.25) is 9.47 Å². The van der Waals surface area contributed by atoms with E-state index < -0.39 is 6.48 Å². The average molecular weight is 167 g/mol. The quantitative estimate of drug-likeness (QED) is 0.666. The Kier molecular flexibility index (Phi) is 1.85. The number of hydrogen-bond donors (Lipinski definition) is 1. The summed E-state index contributed by atoms with van der Waals surface area (Å²) in [4.78, 5) is 0. The molecule has 0 amide bonds. The predicted molar refractivity (Wildman–Crippen MR) is 42.3 cm³/mol. The minimum absolute atomic E-state index is 0.299. The molecule has 0 aliphatic carbocycles. The Labute approximate surface area is 69.8 Å². The molecule has 1 aromatic rings. The molecule has 2 N–H and O–H groups in total. The van der Waals surface area contributed by atoms with E-state index in [4.69, 9.17) is 19.9 Å². The van der Waals surface area contributed by atoms with Crippen LogP contribution in [0.3, 0.4) is 0 Å². The summed E-state index contributed by atoms with van der Waals surface area (Å²) in [6, 6.07) is 7.10. The Morgan fingerprint density at radius 1 is 1.42 bits per heavy atom. The molecule has 2 rings (SSSR count). The molecule has 64 valence electrons. The van der Waals surface area contributed by atoms with Gasteiger partial charge in [0.2, 0.25) is 0 Å². The van der Waals surface area contributed by atoms with Gasteiger partial charge in [-0.15, -0.1) is 0 Å². The van der Waals surface area contributed by atoms with Crippen molar-refractivity contribution in [2.45, 2.75) is 6.48 Å². The Morgan fingerprint density at radius 3 is 2.83 bits per heavy atom. The summed E-state index contributed by atoms with van der Waals surface area (Å²) in [6.45, 7) is -0.265. The van der Waals surface area contributed by atoms with Crippen molar-refractivity contribution in [1.29, 1.82) is 0 Å². The summed E-state index contributed by atoms with van der Waals surface area (Å²) in [6.07, 6.45) is 0. The number of rotatable bonds is 2. The highest BCUT2D eigenvalue weighted by Gasteiger charge is 2.20. The predicted octanol–water partition coefficient (Wildman–Crippen LogP) is 0.935. The number of anilines is 1.